The molecule has 1 aromatic carbocycles. The SMILES string of the molecule is CC(C)NC(CO)c1cc(Br)c(N)c(C#N)c1. The number of rotatable bonds is 4. The molecule has 0 saturated carbocycles. The fourth-order valence-electron chi connectivity index (χ4n) is 1.59. The highest BCUT2D eigenvalue weighted by Gasteiger charge is 2.15. The molecule has 17 heavy (non-hydrogen) atoms. The van der Waals surface area contributed by atoms with Crippen LogP contribution in [0.1, 0.15) is 31.0 Å². The van der Waals surface area contributed by atoms with E-state index in [1.807, 2.05) is 26.0 Å². The van der Waals surface area contributed by atoms with Gasteiger partial charge in [-0.15, -0.1) is 0 Å². The van der Waals surface area contributed by atoms with Gasteiger partial charge in [-0.3, -0.25) is 0 Å². The Labute approximate surface area is 110 Å². The summed E-state index contributed by atoms with van der Waals surface area (Å²) in [5, 5.41) is 21.6. The summed E-state index contributed by atoms with van der Waals surface area (Å²) in [6, 6.07) is 5.62. The second-order valence-corrected chi connectivity index (χ2v) is 4.99. The topological polar surface area (TPSA) is 82.1 Å². The molecule has 4 nitrogen and oxygen atoms in total. The number of nitrogens with one attached hydrogen (secondary N) is 1. The molecule has 0 saturated heterocycles. The first-order chi connectivity index (χ1) is 7.99. The van der Waals surface area contributed by atoms with Gasteiger partial charge >= 0.3 is 0 Å². The molecule has 0 aromatic heterocycles. The molecule has 1 unspecified atom stereocenters. The van der Waals surface area contributed by atoms with Gasteiger partial charge in [-0.05, 0) is 33.6 Å². The van der Waals surface area contributed by atoms with Gasteiger partial charge in [-0.2, -0.15) is 5.26 Å². The Morgan fingerprint density at radius 1 is 1.53 bits per heavy atom. The molecule has 92 valence electrons. The van der Waals surface area contributed by atoms with Crippen LogP contribution >= 0.6 is 15.9 Å². The average Bonchev–Trinajstić information content (AvgIpc) is 2.29. The smallest absolute Gasteiger partial charge is 0.101 e. The van der Waals surface area contributed by atoms with E-state index in [1.54, 1.807) is 6.07 Å². The number of aliphatic hydroxyl groups excluding tert-OH is 1. The van der Waals surface area contributed by atoms with Crippen molar-refractivity contribution in [1.82, 2.24) is 5.32 Å². The van der Waals surface area contributed by atoms with Crippen molar-refractivity contribution < 1.29 is 5.11 Å². The van der Waals surface area contributed by atoms with Gasteiger partial charge in [0.15, 0.2) is 0 Å². The zero-order valence-corrected chi connectivity index (χ0v) is 11.5. The lowest BCUT2D eigenvalue weighted by Gasteiger charge is -2.20. The summed E-state index contributed by atoms with van der Waals surface area (Å²) in [4.78, 5) is 0. The normalized spacial score (nSPS) is 12.5. The zero-order valence-electron chi connectivity index (χ0n) is 9.87. The first-order valence-electron chi connectivity index (χ1n) is 5.35. The van der Waals surface area contributed by atoms with Gasteiger partial charge in [0, 0.05) is 10.5 Å². The Balaban J connectivity index is 3.13. The number of anilines is 1. The summed E-state index contributed by atoms with van der Waals surface area (Å²) in [5.74, 6) is 0. The maximum atomic E-state index is 9.36. The average molecular weight is 298 g/mol. The molecule has 0 radical (unpaired) electrons. The summed E-state index contributed by atoms with van der Waals surface area (Å²) in [5.41, 5.74) is 7.44. The van der Waals surface area contributed by atoms with Gasteiger partial charge < -0.3 is 16.2 Å². The Kier molecular flexibility index (Phi) is 4.94. The van der Waals surface area contributed by atoms with Gasteiger partial charge in [0.25, 0.3) is 0 Å². The Morgan fingerprint density at radius 2 is 2.18 bits per heavy atom. The predicted octanol–water partition coefficient (Wildman–Crippen LogP) is 1.93. The number of halogens is 1. The highest BCUT2D eigenvalue weighted by atomic mass is 79.9. The molecule has 0 aliphatic heterocycles. The summed E-state index contributed by atoms with van der Waals surface area (Å²) < 4.78 is 0.676. The molecule has 1 aromatic rings. The van der Waals surface area contributed by atoms with Crippen molar-refractivity contribution >= 4 is 21.6 Å². The number of nitrogen functional groups attached to an aromatic ring is 1. The standard InChI is InChI=1S/C12H16BrN3O/c1-7(2)16-11(6-17)8-3-9(5-14)12(15)10(13)4-8/h3-4,7,11,16-17H,6,15H2,1-2H3. The number of aliphatic hydroxyl groups is 1. The Morgan fingerprint density at radius 3 is 2.65 bits per heavy atom. The first kappa shape index (κ1) is 14.0. The van der Waals surface area contributed by atoms with Crippen LogP contribution in [0.15, 0.2) is 16.6 Å². The van der Waals surface area contributed by atoms with Gasteiger partial charge in [0.2, 0.25) is 0 Å². The summed E-state index contributed by atoms with van der Waals surface area (Å²) in [7, 11) is 0. The van der Waals surface area contributed by atoms with Crippen LogP contribution in [0.3, 0.4) is 0 Å². The number of hydrogen-bond donors (Lipinski definition) is 3. The fraction of sp³-hybridized carbons (Fsp3) is 0.417. The van der Waals surface area contributed by atoms with Crippen LogP contribution in [0.25, 0.3) is 0 Å². The van der Waals surface area contributed by atoms with Crippen LogP contribution in [0, 0.1) is 11.3 Å². The first-order valence-corrected chi connectivity index (χ1v) is 6.14. The maximum Gasteiger partial charge on any atom is 0.101 e. The minimum absolute atomic E-state index is 0.0284. The lowest BCUT2D eigenvalue weighted by atomic mass is 10.0. The van der Waals surface area contributed by atoms with Crippen LogP contribution in [0.4, 0.5) is 5.69 Å². The van der Waals surface area contributed by atoms with E-state index in [0.717, 1.165) is 5.56 Å². The van der Waals surface area contributed by atoms with Crippen LogP contribution in [-0.2, 0) is 0 Å². The molecule has 1 atom stereocenters. The van der Waals surface area contributed by atoms with E-state index in [-0.39, 0.29) is 18.7 Å². The molecule has 0 aliphatic rings. The third-order valence-electron chi connectivity index (χ3n) is 2.39. The molecular weight excluding hydrogens is 282 g/mol. The van der Waals surface area contributed by atoms with Crippen molar-refractivity contribution in [2.45, 2.75) is 25.9 Å². The molecule has 0 spiro atoms. The Bertz CT molecular complexity index is 440. The van der Waals surface area contributed by atoms with Gasteiger partial charge in [-0.1, -0.05) is 13.8 Å². The van der Waals surface area contributed by atoms with Crippen molar-refractivity contribution in [3.63, 3.8) is 0 Å². The fourth-order valence-corrected chi connectivity index (χ4v) is 2.07. The number of nitrogens with two attached hydrogens (primary N) is 1. The third-order valence-corrected chi connectivity index (χ3v) is 3.05. The molecular formula is C12H16BrN3O. The van der Waals surface area contributed by atoms with E-state index >= 15 is 0 Å². The van der Waals surface area contributed by atoms with Gasteiger partial charge in [0.05, 0.1) is 23.9 Å². The molecule has 0 fully saturated rings. The van der Waals surface area contributed by atoms with Crippen molar-refractivity contribution in [3.8, 4) is 6.07 Å². The second kappa shape index (κ2) is 6.01. The van der Waals surface area contributed by atoms with Crippen molar-refractivity contribution in [1.29, 1.82) is 5.26 Å². The lowest BCUT2D eigenvalue weighted by Crippen LogP contribution is -2.30. The number of benzene rings is 1. The highest BCUT2D eigenvalue weighted by Crippen LogP contribution is 2.28. The van der Waals surface area contributed by atoms with Crippen LogP contribution in [-0.4, -0.2) is 17.8 Å². The van der Waals surface area contributed by atoms with E-state index < -0.39 is 0 Å². The van der Waals surface area contributed by atoms with Gasteiger partial charge in [-0.25, -0.2) is 0 Å². The third kappa shape index (κ3) is 3.43. The maximum absolute atomic E-state index is 9.36. The zero-order chi connectivity index (χ0) is 13.0. The number of nitriles is 1. The second-order valence-electron chi connectivity index (χ2n) is 4.13. The van der Waals surface area contributed by atoms with E-state index in [0.29, 0.717) is 15.7 Å². The summed E-state index contributed by atoms with van der Waals surface area (Å²) >= 11 is 3.32. The molecule has 5 heteroatoms. The number of nitrogens with zero attached hydrogens (tertiary/aromatic N) is 1. The van der Waals surface area contributed by atoms with Crippen molar-refractivity contribution in [3.05, 3.63) is 27.7 Å². The molecule has 0 aliphatic carbocycles. The van der Waals surface area contributed by atoms with Crippen LogP contribution in [0.2, 0.25) is 0 Å². The van der Waals surface area contributed by atoms with Crippen molar-refractivity contribution in [2.75, 3.05) is 12.3 Å². The molecule has 0 heterocycles. The predicted molar refractivity (Wildman–Crippen MR) is 71.4 cm³/mol. The van der Waals surface area contributed by atoms with E-state index in [2.05, 4.69) is 21.2 Å². The quantitative estimate of drug-likeness (QED) is 0.742. The largest absolute Gasteiger partial charge is 0.397 e. The minimum Gasteiger partial charge on any atom is -0.397 e. The molecule has 0 amide bonds. The van der Waals surface area contributed by atoms with Crippen LogP contribution < -0.4 is 11.1 Å². The van der Waals surface area contributed by atoms with Crippen LogP contribution in [0.5, 0.6) is 0 Å². The minimum atomic E-state index is -0.195. The highest BCUT2D eigenvalue weighted by molar-refractivity contribution is 9.10. The van der Waals surface area contributed by atoms with E-state index in [1.165, 1.54) is 0 Å². The summed E-state index contributed by atoms with van der Waals surface area (Å²) in [6.45, 7) is 3.97. The van der Waals surface area contributed by atoms with E-state index in [4.69, 9.17) is 11.0 Å². The number of hydrogen-bond acceptors (Lipinski definition) is 4. The monoisotopic (exact) mass is 297 g/mol. The molecule has 4 N–H and O–H groups in total. The van der Waals surface area contributed by atoms with E-state index in [9.17, 15) is 5.11 Å². The lowest BCUT2D eigenvalue weighted by molar-refractivity contribution is 0.237. The van der Waals surface area contributed by atoms with Crippen molar-refractivity contribution in [2.24, 2.45) is 0 Å². The molecule has 1 rings (SSSR count). The summed E-state index contributed by atoms with van der Waals surface area (Å²) in [6.07, 6.45) is 0. The Hall–Kier alpha value is -1.09. The molecule has 0 bridgehead atoms. The van der Waals surface area contributed by atoms with Gasteiger partial charge in [0.1, 0.15) is 6.07 Å².